The number of carbonyl (C=O) groups is 1. The molecule has 0 radical (unpaired) electrons. The smallest absolute Gasteiger partial charge is 0.264 e. The molecule has 10 heteroatoms. The molecule has 0 atom stereocenters. The van der Waals surface area contributed by atoms with Crippen molar-refractivity contribution in [1.82, 2.24) is 19.0 Å². The van der Waals surface area contributed by atoms with Gasteiger partial charge in [0.15, 0.2) is 0 Å². The SMILES string of the molecule is CN(C)S(=O)(=O)c1cccc(-c2nn(-c3ccccc3)cc2C=C(C#N)C(=O)N2CCOCC2)c1. The molecular formula is C25H25N5O4S. The van der Waals surface area contributed by atoms with E-state index in [4.69, 9.17) is 4.74 Å². The summed E-state index contributed by atoms with van der Waals surface area (Å²) in [6.07, 6.45) is 3.23. The van der Waals surface area contributed by atoms with Crippen LogP contribution in [0.2, 0.25) is 0 Å². The van der Waals surface area contributed by atoms with Crippen LogP contribution in [0.1, 0.15) is 5.56 Å². The highest BCUT2D eigenvalue weighted by Crippen LogP contribution is 2.28. The molecule has 2 heterocycles. The predicted octanol–water partition coefficient (Wildman–Crippen LogP) is 2.56. The number of rotatable bonds is 6. The Balaban J connectivity index is 1.83. The van der Waals surface area contributed by atoms with Crippen LogP contribution in [0.25, 0.3) is 23.0 Å². The summed E-state index contributed by atoms with van der Waals surface area (Å²) in [5.74, 6) is -0.377. The number of morpholine rings is 1. The van der Waals surface area contributed by atoms with Crippen molar-refractivity contribution < 1.29 is 17.9 Å². The fourth-order valence-electron chi connectivity index (χ4n) is 3.68. The monoisotopic (exact) mass is 491 g/mol. The first kappa shape index (κ1) is 24.3. The second-order valence-electron chi connectivity index (χ2n) is 8.10. The zero-order valence-corrected chi connectivity index (χ0v) is 20.3. The molecule has 1 aliphatic rings. The molecule has 1 aromatic heterocycles. The zero-order valence-electron chi connectivity index (χ0n) is 19.5. The summed E-state index contributed by atoms with van der Waals surface area (Å²) in [6, 6.07) is 17.9. The largest absolute Gasteiger partial charge is 0.378 e. The summed E-state index contributed by atoms with van der Waals surface area (Å²) >= 11 is 0. The molecule has 180 valence electrons. The second kappa shape index (κ2) is 10.2. The molecule has 1 fully saturated rings. The summed E-state index contributed by atoms with van der Waals surface area (Å²) in [6.45, 7) is 1.68. The van der Waals surface area contributed by atoms with Crippen molar-refractivity contribution in [3.05, 3.63) is 71.9 Å². The van der Waals surface area contributed by atoms with Crippen LogP contribution in [-0.4, -0.2) is 73.7 Å². The fraction of sp³-hybridized carbons (Fsp3) is 0.240. The van der Waals surface area contributed by atoms with Crippen LogP contribution >= 0.6 is 0 Å². The van der Waals surface area contributed by atoms with Gasteiger partial charge in [0.1, 0.15) is 17.3 Å². The van der Waals surface area contributed by atoms with Gasteiger partial charge in [0.2, 0.25) is 10.0 Å². The van der Waals surface area contributed by atoms with Crippen LogP contribution in [0.5, 0.6) is 0 Å². The van der Waals surface area contributed by atoms with Gasteiger partial charge in [-0.05, 0) is 30.3 Å². The van der Waals surface area contributed by atoms with Crippen molar-refractivity contribution in [2.75, 3.05) is 40.4 Å². The summed E-state index contributed by atoms with van der Waals surface area (Å²) in [4.78, 5) is 14.7. The Morgan fingerprint density at radius 2 is 1.83 bits per heavy atom. The molecule has 1 saturated heterocycles. The lowest BCUT2D eigenvalue weighted by Gasteiger charge is -2.26. The number of hydrogen-bond acceptors (Lipinski definition) is 6. The lowest BCUT2D eigenvalue weighted by Crippen LogP contribution is -2.41. The molecule has 0 bridgehead atoms. The highest BCUT2D eigenvalue weighted by Gasteiger charge is 2.23. The van der Waals surface area contributed by atoms with Gasteiger partial charge in [-0.1, -0.05) is 30.3 Å². The van der Waals surface area contributed by atoms with Crippen LogP contribution in [-0.2, 0) is 19.6 Å². The van der Waals surface area contributed by atoms with Crippen molar-refractivity contribution >= 4 is 22.0 Å². The van der Waals surface area contributed by atoms with Crippen LogP contribution in [0.3, 0.4) is 0 Å². The molecule has 35 heavy (non-hydrogen) atoms. The number of sulfonamides is 1. The number of hydrogen-bond donors (Lipinski definition) is 0. The first-order chi connectivity index (χ1) is 16.8. The van der Waals surface area contributed by atoms with Gasteiger partial charge in [-0.25, -0.2) is 17.4 Å². The molecule has 2 aromatic carbocycles. The van der Waals surface area contributed by atoms with E-state index in [-0.39, 0.29) is 16.4 Å². The molecule has 1 aliphatic heterocycles. The molecular weight excluding hydrogens is 466 g/mol. The van der Waals surface area contributed by atoms with E-state index < -0.39 is 10.0 Å². The van der Waals surface area contributed by atoms with Gasteiger partial charge < -0.3 is 9.64 Å². The third kappa shape index (κ3) is 5.17. The Bertz CT molecular complexity index is 1400. The van der Waals surface area contributed by atoms with Gasteiger partial charge in [-0.2, -0.15) is 10.4 Å². The average Bonchev–Trinajstić information content (AvgIpc) is 3.32. The van der Waals surface area contributed by atoms with E-state index in [1.807, 2.05) is 36.4 Å². The standard InChI is InChI=1S/C25H25N5O4S/c1-28(2)35(32,33)23-10-6-7-19(16-23)24-21(18-30(27-24)22-8-4-3-5-9-22)15-20(17-26)25(31)29-11-13-34-14-12-29/h3-10,15-16,18H,11-14H2,1-2H3. The number of aromatic nitrogens is 2. The normalized spacial score (nSPS) is 14.7. The minimum atomic E-state index is -3.66. The number of carbonyl (C=O) groups excluding carboxylic acids is 1. The van der Waals surface area contributed by atoms with Gasteiger partial charge in [-0.15, -0.1) is 0 Å². The van der Waals surface area contributed by atoms with E-state index in [2.05, 4.69) is 5.10 Å². The van der Waals surface area contributed by atoms with Crippen molar-refractivity contribution in [2.24, 2.45) is 0 Å². The van der Waals surface area contributed by atoms with E-state index in [1.54, 1.807) is 34.0 Å². The minimum absolute atomic E-state index is 0.0298. The highest BCUT2D eigenvalue weighted by atomic mass is 32.2. The summed E-state index contributed by atoms with van der Waals surface area (Å²) in [5.41, 5.74) is 2.27. The number of amides is 1. The van der Waals surface area contributed by atoms with Crippen LogP contribution < -0.4 is 0 Å². The maximum absolute atomic E-state index is 13.0. The van der Waals surface area contributed by atoms with E-state index in [0.717, 1.165) is 9.99 Å². The molecule has 0 unspecified atom stereocenters. The first-order valence-electron chi connectivity index (χ1n) is 11.0. The summed E-state index contributed by atoms with van der Waals surface area (Å²) in [7, 11) is -0.725. The molecule has 0 aliphatic carbocycles. The molecule has 9 nitrogen and oxygen atoms in total. The minimum Gasteiger partial charge on any atom is -0.378 e. The number of para-hydroxylation sites is 1. The van der Waals surface area contributed by atoms with Crippen LogP contribution in [0, 0.1) is 11.3 Å². The van der Waals surface area contributed by atoms with Crippen molar-refractivity contribution in [3.63, 3.8) is 0 Å². The van der Waals surface area contributed by atoms with Crippen molar-refractivity contribution in [1.29, 1.82) is 5.26 Å². The maximum Gasteiger partial charge on any atom is 0.264 e. The third-order valence-electron chi connectivity index (χ3n) is 5.60. The Labute approximate surface area is 204 Å². The zero-order chi connectivity index (χ0) is 25.0. The van der Waals surface area contributed by atoms with Gasteiger partial charge in [-0.3, -0.25) is 4.79 Å². The van der Waals surface area contributed by atoms with Gasteiger partial charge in [0, 0.05) is 44.5 Å². The Morgan fingerprint density at radius 3 is 2.49 bits per heavy atom. The molecule has 0 spiro atoms. The van der Waals surface area contributed by atoms with E-state index >= 15 is 0 Å². The second-order valence-corrected chi connectivity index (χ2v) is 10.3. The molecule has 1 amide bonds. The lowest BCUT2D eigenvalue weighted by molar-refractivity contribution is -0.130. The molecule has 4 rings (SSSR count). The van der Waals surface area contributed by atoms with Gasteiger partial charge >= 0.3 is 0 Å². The van der Waals surface area contributed by atoms with Crippen molar-refractivity contribution in [2.45, 2.75) is 4.90 Å². The maximum atomic E-state index is 13.0. The number of nitrogens with zero attached hydrogens (tertiary/aromatic N) is 5. The van der Waals surface area contributed by atoms with Crippen LogP contribution in [0.15, 0.2) is 71.3 Å². The summed E-state index contributed by atoms with van der Waals surface area (Å²) < 4.78 is 33.5. The molecule has 0 N–H and O–H groups in total. The summed E-state index contributed by atoms with van der Waals surface area (Å²) in [5, 5.41) is 14.5. The highest BCUT2D eigenvalue weighted by molar-refractivity contribution is 7.89. The number of nitriles is 1. The van der Waals surface area contributed by atoms with Gasteiger partial charge in [0.05, 0.1) is 23.8 Å². The average molecular weight is 492 g/mol. The predicted molar refractivity (Wildman–Crippen MR) is 131 cm³/mol. The van der Waals surface area contributed by atoms with Crippen molar-refractivity contribution in [3.8, 4) is 23.0 Å². The lowest BCUT2D eigenvalue weighted by atomic mass is 10.1. The number of benzene rings is 2. The van der Waals surface area contributed by atoms with Crippen LogP contribution in [0.4, 0.5) is 0 Å². The number of ether oxygens (including phenoxy) is 1. The van der Waals surface area contributed by atoms with E-state index in [0.29, 0.717) is 43.1 Å². The molecule has 0 saturated carbocycles. The Kier molecular flexibility index (Phi) is 7.12. The Morgan fingerprint density at radius 1 is 1.11 bits per heavy atom. The van der Waals surface area contributed by atoms with E-state index in [9.17, 15) is 18.5 Å². The quantitative estimate of drug-likeness (QED) is 0.387. The first-order valence-corrected chi connectivity index (χ1v) is 12.4. The Hall–Kier alpha value is -3.78. The molecule has 3 aromatic rings. The fourth-order valence-corrected chi connectivity index (χ4v) is 4.63. The topological polar surface area (TPSA) is 109 Å². The third-order valence-corrected chi connectivity index (χ3v) is 7.41. The van der Waals surface area contributed by atoms with E-state index in [1.165, 1.54) is 26.2 Å². The van der Waals surface area contributed by atoms with Gasteiger partial charge in [0.25, 0.3) is 5.91 Å².